The maximum atomic E-state index is 12.9. The lowest BCUT2D eigenvalue weighted by Crippen LogP contribution is -2.55. The van der Waals surface area contributed by atoms with E-state index in [9.17, 15) is 35.5 Å². The molecule has 110 valence electrons. The maximum Gasteiger partial charge on any atom is 0.458 e. The van der Waals surface area contributed by atoms with Crippen LogP contribution in [0.1, 0.15) is 6.42 Å². The standard InChI is InChI=1S/C8H13F7O2Si/c1-18(2,16)5-3-4-17-6(9,7(10,11)12)8(13,14)15/h16H,3-5H2,1-2H3. The van der Waals surface area contributed by atoms with Crippen molar-refractivity contribution in [3.05, 3.63) is 0 Å². The van der Waals surface area contributed by atoms with Crippen molar-refractivity contribution in [2.24, 2.45) is 0 Å². The zero-order valence-corrected chi connectivity index (χ0v) is 10.6. The minimum Gasteiger partial charge on any atom is -0.432 e. The molecular formula is C8H13F7O2Si. The summed E-state index contributed by atoms with van der Waals surface area (Å²) in [5, 5.41) is 0. The Morgan fingerprint density at radius 1 is 0.944 bits per heavy atom. The highest BCUT2D eigenvalue weighted by Crippen LogP contribution is 2.47. The highest BCUT2D eigenvalue weighted by molar-refractivity contribution is 6.69. The molecule has 0 unspecified atom stereocenters. The number of alkyl halides is 7. The number of hydrogen-bond donors (Lipinski definition) is 1. The molecule has 0 heterocycles. The molecule has 0 aliphatic carbocycles. The smallest absolute Gasteiger partial charge is 0.432 e. The van der Waals surface area contributed by atoms with Crippen LogP contribution in [0.3, 0.4) is 0 Å². The number of halogens is 7. The quantitative estimate of drug-likeness (QED) is 0.479. The van der Waals surface area contributed by atoms with Crippen molar-refractivity contribution in [1.82, 2.24) is 0 Å². The Morgan fingerprint density at radius 2 is 1.33 bits per heavy atom. The molecule has 1 N–H and O–H groups in total. The third-order valence-corrected chi connectivity index (χ3v) is 3.54. The van der Waals surface area contributed by atoms with E-state index >= 15 is 0 Å². The second-order valence-corrected chi connectivity index (χ2v) is 8.48. The number of ether oxygens (including phenoxy) is 1. The van der Waals surface area contributed by atoms with E-state index in [1.165, 1.54) is 13.1 Å². The fraction of sp³-hybridized carbons (Fsp3) is 1.00. The first kappa shape index (κ1) is 17.6. The molecule has 2 nitrogen and oxygen atoms in total. The zero-order chi connectivity index (χ0) is 14.8. The molecule has 10 heteroatoms. The van der Waals surface area contributed by atoms with Gasteiger partial charge in [-0.15, -0.1) is 0 Å². The van der Waals surface area contributed by atoms with Crippen LogP contribution in [-0.4, -0.2) is 37.9 Å². The molecule has 0 bridgehead atoms. The van der Waals surface area contributed by atoms with Gasteiger partial charge in [-0.05, 0) is 25.6 Å². The third-order valence-electron chi connectivity index (χ3n) is 1.96. The Kier molecular flexibility index (Phi) is 5.23. The molecule has 0 radical (unpaired) electrons. The monoisotopic (exact) mass is 302 g/mol. The van der Waals surface area contributed by atoms with Crippen LogP contribution in [0.4, 0.5) is 30.7 Å². The van der Waals surface area contributed by atoms with E-state index in [1.54, 1.807) is 0 Å². The minimum atomic E-state index is -6.20. The largest absolute Gasteiger partial charge is 0.458 e. The van der Waals surface area contributed by atoms with Crippen LogP contribution in [0.2, 0.25) is 19.1 Å². The van der Waals surface area contributed by atoms with Gasteiger partial charge >= 0.3 is 18.2 Å². The van der Waals surface area contributed by atoms with Crippen molar-refractivity contribution in [2.75, 3.05) is 6.61 Å². The molecule has 0 rings (SSSR count). The Balaban J connectivity index is 4.58. The average molecular weight is 302 g/mol. The summed E-state index contributed by atoms with van der Waals surface area (Å²) in [4.78, 5) is 9.31. The third kappa shape index (κ3) is 4.73. The molecule has 0 aliphatic heterocycles. The van der Waals surface area contributed by atoms with E-state index < -0.39 is 33.1 Å². The SMILES string of the molecule is C[Si](C)(O)CCCOC(F)(C(F)(F)F)C(F)(F)F. The van der Waals surface area contributed by atoms with E-state index in [1.807, 2.05) is 0 Å². The van der Waals surface area contributed by atoms with Gasteiger partial charge in [0.15, 0.2) is 8.32 Å². The predicted molar refractivity (Wildman–Crippen MR) is 51.0 cm³/mol. The van der Waals surface area contributed by atoms with Gasteiger partial charge in [0.05, 0.1) is 6.61 Å². The first-order valence-electron chi connectivity index (χ1n) is 4.89. The van der Waals surface area contributed by atoms with Crippen LogP contribution >= 0.6 is 0 Å². The number of rotatable bonds is 5. The van der Waals surface area contributed by atoms with Crippen LogP contribution in [0, 0.1) is 0 Å². The molecule has 0 aliphatic rings. The summed E-state index contributed by atoms with van der Waals surface area (Å²) in [5.41, 5.74) is 0. The van der Waals surface area contributed by atoms with Crippen LogP contribution in [-0.2, 0) is 4.74 Å². The predicted octanol–water partition coefficient (Wildman–Crippen LogP) is 3.38. The zero-order valence-electron chi connectivity index (χ0n) is 9.62. The van der Waals surface area contributed by atoms with E-state index in [-0.39, 0.29) is 12.5 Å². The average Bonchev–Trinajstić information content (AvgIpc) is 2.06. The molecule has 0 fully saturated rings. The van der Waals surface area contributed by atoms with E-state index in [4.69, 9.17) is 0 Å². The van der Waals surface area contributed by atoms with E-state index in [0.29, 0.717) is 0 Å². The van der Waals surface area contributed by atoms with Crippen LogP contribution < -0.4 is 0 Å². The Hall–Kier alpha value is -0.353. The maximum absolute atomic E-state index is 12.9. The van der Waals surface area contributed by atoms with Crippen molar-refractivity contribution in [1.29, 1.82) is 0 Å². The van der Waals surface area contributed by atoms with Crippen LogP contribution in [0.15, 0.2) is 0 Å². The second kappa shape index (κ2) is 5.33. The summed E-state index contributed by atoms with van der Waals surface area (Å²) in [7, 11) is -2.61. The summed E-state index contributed by atoms with van der Waals surface area (Å²) < 4.78 is 88.3. The number of hydrogen-bond acceptors (Lipinski definition) is 2. The van der Waals surface area contributed by atoms with Gasteiger partial charge in [0.1, 0.15) is 0 Å². The van der Waals surface area contributed by atoms with Crippen molar-refractivity contribution in [2.45, 2.75) is 43.8 Å². The van der Waals surface area contributed by atoms with Gasteiger partial charge in [0.25, 0.3) is 0 Å². The summed E-state index contributed by atoms with van der Waals surface area (Å²) in [6.07, 6.45) is -12.7. The topological polar surface area (TPSA) is 29.5 Å². The van der Waals surface area contributed by atoms with Crippen molar-refractivity contribution in [3.8, 4) is 0 Å². The normalized spacial score (nSPS) is 15.0. The molecule has 0 saturated heterocycles. The van der Waals surface area contributed by atoms with Gasteiger partial charge in [-0.1, -0.05) is 0 Å². The molecule has 0 aromatic carbocycles. The van der Waals surface area contributed by atoms with Crippen molar-refractivity contribution >= 4 is 8.32 Å². The molecule has 0 atom stereocenters. The van der Waals surface area contributed by atoms with Gasteiger partial charge in [0, 0.05) is 0 Å². The fourth-order valence-corrected chi connectivity index (χ4v) is 2.05. The molecular weight excluding hydrogens is 289 g/mol. The molecule has 0 spiro atoms. The van der Waals surface area contributed by atoms with Gasteiger partial charge in [-0.25, -0.2) is 0 Å². The molecule has 0 aromatic rings. The van der Waals surface area contributed by atoms with Gasteiger partial charge in [-0.3, -0.25) is 0 Å². The Labute approximate surface area is 99.9 Å². The summed E-state index contributed by atoms with van der Waals surface area (Å²) in [6.45, 7) is 1.82. The summed E-state index contributed by atoms with van der Waals surface area (Å²) in [5.74, 6) is -5.67. The lowest BCUT2D eigenvalue weighted by atomic mass is 10.3. The Bertz CT molecular complexity index is 254. The van der Waals surface area contributed by atoms with Gasteiger partial charge in [-0.2, -0.15) is 30.7 Å². The molecule has 0 saturated carbocycles. The minimum absolute atomic E-state index is 0.0127. The highest BCUT2D eigenvalue weighted by Gasteiger charge is 2.74. The fourth-order valence-electron chi connectivity index (χ4n) is 1.04. The lowest BCUT2D eigenvalue weighted by Gasteiger charge is -2.29. The molecule has 18 heavy (non-hydrogen) atoms. The van der Waals surface area contributed by atoms with Gasteiger partial charge in [0.2, 0.25) is 0 Å². The molecule has 0 amide bonds. The van der Waals surface area contributed by atoms with E-state index in [0.717, 1.165) is 0 Å². The summed E-state index contributed by atoms with van der Waals surface area (Å²) >= 11 is 0. The second-order valence-electron chi connectivity index (χ2n) is 4.36. The molecule has 0 aromatic heterocycles. The van der Waals surface area contributed by atoms with Crippen molar-refractivity contribution in [3.63, 3.8) is 0 Å². The van der Waals surface area contributed by atoms with E-state index in [2.05, 4.69) is 4.74 Å². The first-order chi connectivity index (χ1) is 7.71. The van der Waals surface area contributed by atoms with Crippen molar-refractivity contribution < 1.29 is 40.3 Å². The summed E-state index contributed by atoms with van der Waals surface area (Å²) in [6, 6.07) is 0.0127. The lowest BCUT2D eigenvalue weighted by molar-refractivity contribution is -0.429. The highest BCUT2D eigenvalue weighted by atomic mass is 28.4. The van der Waals surface area contributed by atoms with Crippen LogP contribution in [0.5, 0.6) is 0 Å². The first-order valence-corrected chi connectivity index (χ1v) is 8.05. The van der Waals surface area contributed by atoms with Gasteiger partial charge < -0.3 is 9.53 Å². The Morgan fingerprint density at radius 3 is 1.61 bits per heavy atom. The van der Waals surface area contributed by atoms with Crippen LogP contribution in [0.25, 0.3) is 0 Å².